The van der Waals surface area contributed by atoms with E-state index in [0.717, 1.165) is 27.1 Å². The third-order valence-electron chi connectivity index (χ3n) is 2.01. The smallest absolute Gasteiger partial charge is 0.236 e. The maximum Gasteiger partial charge on any atom is 0.236 e. The Kier molecular flexibility index (Phi) is 2.61. The monoisotopic (exact) mass is 227 g/mol. The molecular formula is C10H10ClNOS. The van der Waals surface area contributed by atoms with E-state index in [0.29, 0.717) is 5.89 Å². The second kappa shape index (κ2) is 3.75. The minimum atomic E-state index is 0.677. The van der Waals surface area contributed by atoms with E-state index in [1.807, 2.05) is 19.1 Å². The Morgan fingerprint density at radius 1 is 1.50 bits per heavy atom. The fraction of sp³-hybridized carbons (Fsp3) is 0.300. The largest absolute Gasteiger partial charge is 0.440 e. The predicted octanol–water partition coefficient (Wildman–Crippen LogP) is 3.93. The molecule has 0 fully saturated rings. The van der Waals surface area contributed by atoms with E-state index in [2.05, 4.69) is 11.9 Å². The van der Waals surface area contributed by atoms with E-state index in [1.165, 1.54) is 11.3 Å². The van der Waals surface area contributed by atoms with Gasteiger partial charge in [0.2, 0.25) is 5.89 Å². The average molecular weight is 228 g/mol. The second-order valence-electron chi connectivity index (χ2n) is 2.98. The molecule has 2 heterocycles. The van der Waals surface area contributed by atoms with Gasteiger partial charge in [-0.1, -0.05) is 18.5 Å². The highest BCUT2D eigenvalue weighted by molar-refractivity contribution is 7.19. The van der Waals surface area contributed by atoms with Crippen LogP contribution >= 0.6 is 22.9 Å². The van der Waals surface area contributed by atoms with Crippen LogP contribution in [0.4, 0.5) is 0 Å². The molecule has 2 rings (SSSR count). The molecule has 0 atom stereocenters. The molecule has 0 N–H and O–H groups in total. The quantitative estimate of drug-likeness (QED) is 0.777. The average Bonchev–Trinajstić information content (AvgIpc) is 2.71. The van der Waals surface area contributed by atoms with Gasteiger partial charge in [-0.15, -0.1) is 11.3 Å². The predicted molar refractivity (Wildman–Crippen MR) is 58.9 cm³/mol. The molecule has 0 unspecified atom stereocenters. The molecule has 2 aromatic rings. The van der Waals surface area contributed by atoms with Crippen LogP contribution in [0.25, 0.3) is 10.8 Å². The van der Waals surface area contributed by atoms with Crippen LogP contribution in [0.3, 0.4) is 0 Å². The van der Waals surface area contributed by atoms with Crippen LogP contribution in [0.1, 0.15) is 18.4 Å². The van der Waals surface area contributed by atoms with Gasteiger partial charge in [-0.3, -0.25) is 0 Å². The Balaban J connectivity index is 2.42. The molecule has 4 heteroatoms. The van der Waals surface area contributed by atoms with Crippen LogP contribution in [0.5, 0.6) is 0 Å². The van der Waals surface area contributed by atoms with Crippen molar-refractivity contribution in [3.05, 3.63) is 27.9 Å². The lowest BCUT2D eigenvalue weighted by atomic mass is 10.3. The minimum Gasteiger partial charge on any atom is -0.440 e. The van der Waals surface area contributed by atoms with Crippen molar-refractivity contribution in [2.24, 2.45) is 0 Å². The second-order valence-corrected chi connectivity index (χ2v) is 4.69. The van der Waals surface area contributed by atoms with Crippen LogP contribution in [-0.2, 0) is 6.42 Å². The summed E-state index contributed by atoms with van der Waals surface area (Å²) in [7, 11) is 0. The van der Waals surface area contributed by atoms with E-state index >= 15 is 0 Å². The zero-order chi connectivity index (χ0) is 10.1. The van der Waals surface area contributed by atoms with Gasteiger partial charge in [-0.05, 0) is 25.5 Å². The summed E-state index contributed by atoms with van der Waals surface area (Å²) in [5.41, 5.74) is 1.02. The number of thiophene rings is 1. The first-order valence-electron chi connectivity index (χ1n) is 4.42. The summed E-state index contributed by atoms with van der Waals surface area (Å²) < 4.78 is 6.30. The summed E-state index contributed by atoms with van der Waals surface area (Å²) in [5.74, 6) is 1.57. The molecule has 0 radical (unpaired) electrons. The van der Waals surface area contributed by atoms with Gasteiger partial charge in [0.15, 0.2) is 0 Å². The number of aromatic nitrogens is 1. The van der Waals surface area contributed by atoms with E-state index in [9.17, 15) is 0 Å². The molecule has 0 spiro atoms. The summed E-state index contributed by atoms with van der Waals surface area (Å²) >= 11 is 7.32. The molecule has 0 saturated heterocycles. The van der Waals surface area contributed by atoms with Crippen molar-refractivity contribution in [1.29, 1.82) is 0 Å². The molecular weight excluding hydrogens is 218 g/mol. The summed E-state index contributed by atoms with van der Waals surface area (Å²) in [6.45, 7) is 4.00. The topological polar surface area (TPSA) is 26.0 Å². The highest BCUT2D eigenvalue weighted by Crippen LogP contribution is 2.31. The maximum absolute atomic E-state index is 5.84. The Hall–Kier alpha value is -0.800. The van der Waals surface area contributed by atoms with Crippen LogP contribution in [0, 0.1) is 6.92 Å². The number of hydrogen-bond acceptors (Lipinski definition) is 3. The Bertz CT molecular complexity index is 447. The molecule has 0 aliphatic rings. The van der Waals surface area contributed by atoms with Crippen LogP contribution in [0.15, 0.2) is 16.5 Å². The van der Waals surface area contributed by atoms with Crippen molar-refractivity contribution in [2.75, 3.05) is 0 Å². The Morgan fingerprint density at radius 3 is 2.79 bits per heavy atom. The van der Waals surface area contributed by atoms with Crippen LogP contribution < -0.4 is 0 Å². The first-order chi connectivity index (χ1) is 6.70. The van der Waals surface area contributed by atoms with Crippen molar-refractivity contribution in [3.63, 3.8) is 0 Å². The van der Waals surface area contributed by atoms with Gasteiger partial charge in [0.05, 0.1) is 14.9 Å². The van der Waals surface area contributed by atoms with Crippen LogP contribution in [-0.4, -0.2) is 4.98 Å². The number of oxazole rings is 1. The zero-order valence-electron chi connectivity index (χ0n) is 8.00. The minimum absolute atomic E-state index is 0.677. The molecule has 74 valence electrons. The third-order valence-corrected chi connectivity index (χ3v) is 3.23. The fourth-order valence-electron chi connectivity index (χ4n) is 1.29. The lowest BCUT2D eigenvalue weighted by molar-refractivity contribution is 0.541. The van der Waals surface area contributed by atoms with Gasteiger partial charge in [0.25, 0.3) is 0 Å². The number of aryl methyl sites for hydroxylation is 2. The molecule has 0 saturated carbocycles. The van der Waals surface area contributed by atoms with E-state index in [-0.39, 0.29) is 0 Å². The van der Waals surface area contributed by atoms with Gasteiger partial charge >= 0.3 is 0 Å². The molecule has 0 aromatic carbocycles. The highest BCUT2D eigenvalue weighted by Gasteiger charge is 2.11. The van der Waals surface area contributed by atoms with Crippen LogP contribution in [0.2, 0.25) is 4.34 Å². The van der Waals surface area contributed by atoms with Gasteiger partial charge in [0, 0.05) is 0 Å². The Labute approximate surface area is 91.5 Å². The van der Waals surface area contributed by atoms with Gasteiger partial charge in [0.1, 0.15) is 5.76 Å². The lowest BCUT2D eigenvalue weighted by Gasteiger charge is -1.85. The molecule has 0 amide bonds. The van der Waals surface area contributed by atoms with E-state index < -0.39 is 0 Å². The first-order valence-corrected chi connectivity index (χ1v) is 5.62. The summed E-state index contributed by atoms with van der Waals surface area (Å²) in [5, 5.41) is 0. The zero-order valence-corrected chi connectivity index (χ0v) is 9.58. The number of nitrogens with zero attached hydrogens (tertiary/aromatic N) is 1. The fourth-order valence-corrected chi connectivity index (χ4v) is 2.26. The molecule has 14 heavy (non-hydrogen) atoms. The van der Waals surface area contributed by atoms with E-state index in [1.54, 1.807) is 0 Å². The van der Waals surface area contributed by atoms with E-state index in [4.69, 9.17) is 16.0 Å². The summed E-state index contributed by atoms with van der Waals surface area (Å²) in [6, 6.07) is 3.78. The molecule has 2 nitrogen and oxygen atoms in total. The van der Waals surface area contributed by atoms with Crippen molar-refractivity contribution >= 4 is 22.9 Å². The number of rotatable bonds is 2. The standard InChI is InChI=1S/C10H10ClNOS/c1-3-7-6(2)13-10(12-7)8-4-5-9(11)14-8/h4-5H,3H2,1-2H3. The van der Waals surface area contributed by atoms with Gasteiger partial charge in [-0.25, -0.2) is 4.98 Å². The first kappa shape index (κ1) is 9.74. The molecule has 0 aliphatic carbocycles. The summed E-state index contributed by atoms with van der Waals surface area (Å²) in [6.07, 6.45) is 0.897. The highest BCUT2D eigenvalue weighted by atomic mass is 35.5. The normalized spacial score (nSPS) is 10.8. The summed E-state index contributed by atoms with van der Waals surface area (Å²) in [4.78, 5) is 5.38. The molecule has 2 aromatic heterocycles. The SMILES string of the molecule is CCc1nc(-c2ccc(Cl)s2)oc1C. The number of hydrogen-bond donors (Lipinski definition) is 0. The maximum atomic E-state index is 5.84. The number of halogens is 1. The van der Waals surface area contributed by atoms with Gasteiger partial charge in [-0.2, -0.15) is 0 Å². The van der Waals surface area contributed by atoms with Crippen molar-refractivity contribution in [2.45, 2.75) is 20.3 Å². The molecule has 0 aliphatic heterocycles. The third kappa shape index (κ3) is 1.70. The Morgan fingerprint density at radius 2 is 2.29 bits per heavy atom. The lowest BCUT2D eigenvalue weighted by Crippen LogP contribution is -1.81. The van der Waals surface area contributed by atoms with Crippen molar-refractivity contribution in [1.82, 2.24) is 4.98 Å². The molecule has 0 bridgehead atoms. The van der Waals surface area contributed by atoms with Crippen molar-refractivity contribution in [3.8, 4) is 10.8 Å². The van der Waals surface area contributed by atoms with Gasteiger partial charge < -0.3 is 4.42 Å². The van der Waals surface area contributed by atoms with Crippen molar-refractivity contribution < 1.29 is 4.42 Å².